The molecular formula is C16H16N4O5. The Bertz CT molecular complexity index is 925. The summed E-state index contributed by atoms with van der Waals surface area (Å²) >= 11 is 0. The van der Waals surface area contributed by atoms with Crippen LogP contribution in [0.2, 0.25) is 0 Å². The Hall–Kier alpha value is -3.49. The molecule has 3 N–H and O–H groups in total. The highest BCUT2D eigenvalue weighted by molar-refractivity contribution is 5.83. The van der Waals surface area contributed by atoms with Crippen LogP contribution in [-0.4, -0.2) is 28.1 Å². The van der Waals surface area contributed by atoms with Gasteiger partial charge in [-0.1, -0.05) is 0 Å². The van der Waals surface area contributed by atoms with E-state index in [-0.39, 0.29) is 12.0 Å². The van der Waals surface area contributed by atoms with E-state index in [1.807, 2.05) is 0 Å². The number of nitrogens with zero attached hydrogens (tertiary/aromatic N) is 1. The number of carbonyl (C=O) groups excluding carboxylic acids is 2. The second-order valence-corrected chi connectivity index (χ2v) is 5.14. The van der Waals surface area contributed by atoms with E-state index in [0.717, 1.165) is 0 Å². The lowest BCUT2D eigenvalue weighted by molar-refractivity contribution is -0.131. The third-order valence-corrected chi connectivity index (χ3v) is 3.14. The smallest absolute Gasteiger partial charge is 0.325 e. The van der Waals surface area contributed by atoms with Crippen LogP contribution < -0.4 is 21.4 Å². The average Bonchev–Trinajstić information content (AvgIpc) is 2.52. The maximum absolute atomic E-state index is 11.8. The van der Waals surface area contributed by atoms with Gasteiger partial charge in [0.2, 0.25) is 5.91 Å². The van der Waals surface area contributed by atoms with E-state index in [0.29, 0.717) is 17.0 Å². The van der Waals surface area contributed by atoms with Crippen LogP contribution in [0.15, 0.2) is 39.0 Å². The summed E-state index contributed by atoms with van der Waals surface area (Å²) in [7, 11) is 0. The van der Waals surface area contributed by atoms with Crippen LogP contribution >= 0.6 is 0 Å². The lowest BCUT2D eigenvalue weighted by atomic mass is 10.1. The van der Waals surface area contributed by atoms with Crippen LogP contribution in [0, 0.1) is 6.92 Å². The summed E-state index contributed by atoms with van der Waals surface area (Å²) in [5.41, 5.74) is 2.23. The standard InChI is InChI=1S/C16H16N4O5/c1-9-13(15(23)19-16(24)18-9)7-14(22)20-17-8-11-3-5-12(6-4-11)25-10(2)21/h3-6,8H,7H2,1-2H3,(H,20,22)(H2,18,19,23,24)/b17-8-. The second kappa shape index (κ2) is 7.86. The monoisotopic (exact) mass is 344 g/mol. The molecule has 0 spiro atoms. The van der Waals surface area contributed by atoms with E-state index in [9.17, 15) is 19.2 Å². The molecule has 0 aliphatic carbocycles. The fourth-order valence-electron chi connectivity index (χ4n) is 2.01. The summed E-state index contributed by atoms with van der Waals surface area (Å²) in [6.45, 7) is 2.84. The number of aromatic nitrogens is 2. The first-order valence-electron chi connectivity index (χ1n) is 7.27. The van der Waals surface area contributed by atoms with Gasteiger partial charge in [0.25, 0.3) is 5.56 Å². The summed E-state index contributed by atoms with van der Waals surface area (Å²) in [5.74, 6) is -0.517. The number of hydrazone groups is 1. The Balaban J connectivity index is 1.96. The Kier molecular flexibility index (Phi) is 5.62. The summed E-state index contributed by atoms with van der Waals surface area (Å²) in [5, 5.41) is 3.79. The molecule has 2 aromatic rings. The molecule has 9 nitrogen and oxygen atoms in total. The highest BCUT2D eigenvalue weighted by atomic mass is 16.5. The van der Waals surface area contributed by atoms with Gasteiger partial charge < -0.3 is 9.72 Å². The molecule has 0 aliphatic heterocycles. The van der Waals surface area contributed by atoms with Gasteiger partial charge in [0, 0.05) is 18.2 Å². The highest BCUT2D eigenvalue weighted by Gasteiger charge is 2.10. The first-order chi connectivity index (χ1) is 11.8. The van der Waals surface area contributed by atoms with Crippen LogP contribution in [0.4, 0.5) is 0 Å². The van der Waals surface area contributed by atoms with Crippen LogP contribution in [0.3, 0.4) is 0 Å². The molecule has 0 saturated heterocycles. The van der Waals surface area contributed by atoms with Crippen molar-refractivity contribution in [1.29, 1.82) is 0 Å². The lowest BCUT2D eigenvalue weighted by Gasteiger charge is -2.03. The molecular weight excluding hydrogens is 328 g/mol. The zero-order valence-electron chi connectivity index (χ0n) is 13.6. The van der Waals surface area contributed by atoms with E-state index in [4.69, 9.17) is 4.74 Å². The summed E-state index contributed by atoms with van der Waals surface area (Å²) < 4.78 is 4.90. The Morgan fingerprint density at radius 2 is 1.88 bits per heavy atom. The first kappa shape index (κ1) is 17.9. The fraction of sp³-hybridized carbons (Fsp3) is 0.188. The number of rotatable bonds is 5. The molecule has 0 fully saturated rings. The van der Waals surface area contributed by atoms with Crippen LogP contribution in [-0.2, 0) is 16.0 Å². The minimum atomic E-state index is -0.623. The second-order valence-electron chi connectivity index (χ2n) is 5.14. The molecule has 1 aromatic heterocycles. The summed E-state index contributed by atoms with van der Waals surface area (Å²) in [4.78, 5) is 49.9. The summed E-state index contributed by atoms with van der Waals surface area (Å²) in [6.07, 6.45) is 1.18. The first-order valence-corrected chi connectivity index (χ1v) is 7.27. The zero-order valence-corrected chi connectivity index (χ0v) is 13.6. The number of aromatic amines is 2. The van der Waals surface area contributed by atoms with E-state index in [1.54, 1.807) is 24.3 Å². The molecule has 0 saturated carbocycles. The molecule has 0 atom stereocenters. The predicted molar refractivity (Wildman–Crippen MR) is 89.6 cm³/mol. The van der Waals surface area contributed by atoms with Crippen molar-refractivity contribution in [1.82, 2.24) is 15.4 Å². The average molecular weight is 344 g/mol. The molecule has 1 aromatic carbocycles. The number of aryl methyl sites for hydroxylation is 1. The van der Waals surface area contributed by atoms with E-state index >= 15 is 0 Å². The van der Waals surface area contributed by atoms with Crippen molar-refractivity contribution < 1.29 is 14.3 Å². The summed E-state index contributed by atoms with van der Waals surface area (Å²) in [6, 6.07) is 6.50. The number of amides is 1. The Labute approximate surface area is 141 Å². The molecule has 1 heterocycles. The minimum Gasteiger partial charge on any atom is -0.427 e. The topological polar surface area (TPSA) is 133 Å². The van der Waals surface area contributed by atoms with E-state index in [1.165, 1.54) is 20.1 Å². The van der Waals surface area contributed by atoms with Gasteiger partial charge >= 0.3 is 11.7 Å². The molecule has 0 bridgehead atoms. The van der Waals surface area contributed by atoms with Crippen LogP contribution in [0.1, 0.15) is 23.7 Å². The van der Waals surface area contributed by atoms with Crippen molar-refractivity contribution in [3.8, 4) is 5.75 Å². The van der Waals surface area contributed by atoms with E-state index < -0.39 is 23.1 Å². The number of H-pyrrole nitrogens is 2. The molecule has 25 heavy (non-hydrogen) atoms. The van der Waals surface area contributed by atoms with Crippen molar-refractivity contribution in [2.75, 3.05) is 0 Å². The SMILES string of the molecule is CC(=O)Oc1ccc(/C=N\NC(=O)Cc2c(C)[nH]c(=O)[nH]c2=O)cc1. The quantitative estimate of drug-likeness (QED) is 0.304. The number of esters is 1. The molecule has 1 amide bonds. The number of ether oxygens (including phenoxy) is 1. The lowest BCUT2D eigenvalue weighted by Crippen LogP contribution is -2.30. The number of carbonyl (C=O) groups is 2. The maximum Gasteiger partial charge on any atom is 0.325 e. The molecule has 0 aliphatic rings. The Morgan fingerprint density at radius 3 is 2.48 bits per heavy atom. The van der Waals surface area contributed by atoms with Crippen molar-refractivity contribution in [2.45, 2.75) is 20.3 Å². The van der Waals surface area contributed by atoms with Gasteiger partial charge in [-0.3, -0.25) is 19.4 Å². The van der Waals surface area contributed by atoms with E-state index in [2.05, 4.69) is 20.5 Å². The molecule has 0 radical (unpaired) electrons. The van der Waals surface area contributed by atoms with Crippen molar-refractivity contribution >= 4 is 18.1 Å². The zero-order chi connectivity index (χ0) is 18.4. The molecule has 9 heteroatoms. The third kappa shape index (κ3) is 5.27. The minimum absolute atomic E-state index is 0.165. The van der Waals surface area contributed by atoms with Gasteiger partial charge in [0.15, 0.2) is 0 Å². The molecule has 130 valence electrons. The van der Waals surface area contributed by atoms with Crippen molar-refractivity contribution in [2.24, 2.45) is 5.10 Å². The molecule has 0 unspecified atom stereocenters. The van der Waals surface area contributed by atoms with Gasteiger partial charge in [0.1, 0.15) is 5.75 Å². The van der Waals surface area contributed by atoms with Gasteiger partial charge in [-0.25, -0.2) is 10.2 Å². The normalized spacial score (nSPS) is 10.6. The largest absolute Gasteiger partial charge is 0.427 e. The van der Waals surface area contributed by atoms with Gasteiger partial charge in [-0.05, 0) is 36.8 Å². The number of nitrogens with one attached hydrogen (secondary N) is 3. The van der Waals surface area contributed by atoms with Crippen LogP contribution in [0.25, 0.3) is 0 Å². The van der Waals surface area contributed by atoms with Crippen LogP contribution in [0.5, 0.6) is 5.75 Å². The van der Waals surface area contributed by atoms with Gasteiger partial charge in [-0.15, -0.1) is 0 Å². The number of benzene rings is 1. The Morgan fingerprint density at radius 1 is 1.20 bits per heavy atom. The van der Waals surface area contributed by atoms with Crippen molar-refractivity contribution in [3.05, 3.63) is 61.9 Å². The fourth-order valence-corrected chi connectivity index (χ4v) is 2.01. The highest BCUT2D eigenvalue weighted by Crippen LogP contribution is 2.11. The van der Waals surface area contributed by atoms with Gasteiger partial charge in [0.05, 0.1) is 12.6 Å². The third-order valence-electron chi connectivity index (χ3n) is 3.14. The number of hydrogen-bond acceptors (Lipinski definition) is 6. The van der Waals surface area contributed by atoms with Crippen molar-refractivity contribution in [3.63, 3.8) is 0 Å². The predicted octanol–water partition coefficient (Wildman–Crippen LogP) is -0.0103. The number of hydrogen-bond donors (Lipinski definition) is 3. The van der Waals surface area contributed by atoms with Gasteiger partial charge in [-0.2, -0.15) is 5.10 Å². The molecule has 2 rings (SSSR count). The maximum atomic E-state index is 11.8.